The first-order valence-electron chi connectivity index (χ1n) is 54.8. The van der Waals surface area contributed by atoms with Crippen LogP contribution in [0.15, 0.2) is 267 Å². The maximum atomic E-state index is 10.1. The summed E-state index contributed by atoms with van der Waals surface area (Å²) in [6, 6.07) is 93.8. The van der Waals surface area contributed by atoms with E-state index in [4.69, 9.17) is 0 Å². The molecule has 0 saturated heterocycles. The van der Waals surface area contributed by atoms with E-state index in [0.717, 1.165) is 90.9 Å². The van der Waals surface area contributed by atoms with Crippen LogP contribution in [0.3, 0.4) is 0 Å². The van der Waals surface area contributed by atoms with Crippen LogP contribution in [0.2, 0.25) is 0 Å². The molecule has 0 radical (unpaired) electrons. The van der Waals surface area contributed by atoms with Crippen molar-refractivity contribution in [2.45, 2.75) is 310 Å². The van der Waals surface area contributed by atoms with Gasteiger partial charge in [-0.1, -0.05) is 336 Å². The number of aryl methyl sites for hydroxylation is 6. The van der Waals surface area contributed by atoms with E-state index in [-0.39, 0.29) is 92.0 Å². The predicted molar refractivity (Wildman–Crippen MR) is 641 cm³/mol. The molecule has 0 bridgehead atoms. The zero-order valence-electron chi connectivity index (χ0n) is 97.5. The standard InChI is InChI=1S/C68H78BN3S.C67H76BN3S/c1-19-44-38-57-60-58(39-44)72(52-31-24-47(25-32-52)66(10,11)12)62-54-40-48(67(13,14)15)26-35-59(54)73-63(62)69(60)55-34-33-53(41-56(55)71(57)51-29-22-46(23-30-51)65(7,8)9)70(50-27-20-45(21-28-50)64(4,5)6)61-42(2)36-49(37-43(61)3)68(16,17)18;1-41-35-56-59-57(36-41)71(51-30-23-46(24-31-51)65(10,11)12)61-53-39-47(66(13,14)15)25-34-58(53)72-62(61)68(59)54-33-32-52(40-55(54)70(56)50-28-21-45(22-29-50)64(7,8)9)69(49-26-19-44(20-27-49)63(4,5)6)60-42(2)37-48(38-43(60)3)67(16,17)18/h20-41H,19H2,1-18H3;19-40H,1-18H3/i22D,23D,29D,30D;. The Morgan fingerprint density at radius 1 is 0.255 bits per heavy atom. The predicted octanol–water partition coefficient (Wildman–Crippen LogP) is 36.0. The van der Waals surface area contributed by atoms with Gasteiger partial charge in [0.2, 0.25) is 0 Å². The molecule has 0 N–H and O–H groups in total. The van der Waals surface area contributed by atoms with E-state index in [1.807, 2.05) is 43.4 Å². The second-order valence-corrected chi connectivity index (χ2v) is 54.6. The number of rotatable bonds is 11. The summed E-state index contributed by atoms with van der Waals surface area (Å²) < 4.78 is 44.8. The molecule has 6 heterocycles. The number of anilines is 18. The molecule has 4 aliphatic rings. The van der Waals surface area contributed by atoms with Gasteiger partial charge in [-0.15, -0.1) is 22.7 Å². The monoisotopic (exact) mass is 1950 g/mol. The molecular formula is C135H154B2N6S2. The van der Waals surface area contributed by atoms with E-state index in [9.17, 15) is 5.48 Å². The van der Waals surface area contributed by atoms with Crippen LogP contribution in [-0.2, 0) is 60.6 Å². The Balaban J connectivity index is 0.000000188. The second kappa shape index (κ2) is 35.9. The van der Waals surface area contributed by atoms with Gasteiger partial charge < -0.3 is 29.4 Å². The fourth-order valence-electron chi connectivity index (χ4n) is 22.2. The van der Waals surface area contributed by atoms with Crippen molar-refractivity contribution >= 4 is 190 Å². The van der Waals surface area contributed by atoms with Crippen LogP contribution in [0.4, 0.5) is 102 Å². The summed E-state index contributed by atoms with van der Waals surface area (Å²) in [5.74, 6) is 0. The molecule has 20 rings (SSSR count). The lowest BCUT2D eigenvalue weighted by Crippen LogP contribution is -2.60. The van der Waals surface area contributed by atoms with Gasteiger partial charge in [0.1, 0.15) is 0 Å². The average Bonchev–Trinajstić information content (AvgIpc) is 1.61. The number of hydrogen-bond donors (Lipinski definition) is 0. The van der Waals surface area contributed by atoms with Gasteiger partial charge >= 0.3 is 0 Å². The number of fused-ring (bicyclic) bond motifs is 12. The zero-order valence-corrected chi connectivity index (χ0v) is 95.1. The van der Waals surface area contributed by atoms with Crippen LogP contribution >= 0.6 is 22.7 Å². The lowest BCUT2D eigenvalue weighted by Gasteiger charge is -2.44. The van der Waals surface area contributed by atoms with E-state index in [1.54, 1.807) is 0 Å². The smallest absolute Gasteiger partial charge is 0.264 e. The minimum Gasteiger partial charge on any atom is -0.311 e. The van der Waals surface area contributed by atoms with Crippen molar-refractivity contribution in [3.63, 3.8) is 0 Å². The Hall–Kier alpha value is -12.1. The Morgan fingerprint density at radius 2 is 0.524 bits per heavy atom. The highest BCUT2D eigenvalue weighted by atomic mass is 32.1. The topological polar surface area (TPSA) is 19.4 Å². The van der Waals surface area contributed by atoms with Gasteiger partial charge in [-0.2, -0.15) is 0 Å². The Bertz CT molecular complexity index is 7930. The lowest BCUT2D eigenvalue weighted by molar-refractivity contribution is 0.589. The fraction of sp³-hybridized carbons (Fsp3) is 0.348. The summed E-state index contributed by atoms with van der Waals surface area (Å²) in [4.78, 5) is 14.7. The summed E-state index contributed by atoms with van der Waals surface area (Å²) in [7, 11) is 0. The van der Waals surface area contributed by atoms with Crippen LogP contribution < -0.4 is 60.8 Å². The SMILES string of the molecule is Cc1cc2c3c(c1)N(c1ccc(C(C)(C)C)cc1)c1c(sc4ccc(C(C)(C)C)cc14)B3c1ccc(N(c3ccc(C(C)(C)C)cc3)c3c(C)cc(C(C)(C)C)cc3C)cc1N2c1ccc(C(C)(C)C)cc1.[2H]c1c([2H])c(C(C)(C)C)c([2H])c([2H])c1N1c2cc(N(c3ccc(C(C)(C)C)cc3)c3c(C)cc(C(C)(C)C)cc3C)ccc2B2c3sc4ccc(C(C)(C)C)cc4c3N(c3ccc(C(C)(C)C)cc3)c3cc(CC)cc1c32. The van der Waals surface area contributed by atoms with E-state index < -0.39 is 5.41 Å². The van der Waals surface area contributed by atoms with Crippen molar-refractivity contribution in [2.24, 2.45) is 0 Å². The van der Waals surface area contributed by atoms with Crippen LogP contribution in [0.25, 0.3) is 20.2 Å². The summed E-state index contributed by atoms with van der Waals surface area (Å²) >= 11 is 3.84. The highest BCUT2D eigenvalue weighted by Gasteiger charge is 2.49. The van der Waals surface area contributed by atoms with E-state index >= 15 is 0 Å². The van der Waals surface area contributed by atoms with Crippen molar-refractivity contribution in [3.05, 3.63) is 356 Å². The molecule has 0 unspecified atom stereocenters. The normalized spacial score (nSPS) is 14.3. The first-order valence-corrected chi connectivity index (χ1v) is 54.4. The summed E-state index contributed by atoms with van der Waals surface area (Å²) in [6.45, 7) is 81.2. The summed E-state index contributed by atoms with van der Waals surface area (Å²) in [6.07, 6.45) is 0.743. The minimum absolute atomic E-state index is 0.00186. The molecule has 0 amide bonds. The average molecular weight is 1950 g/mol. The maximum Gasteiger partial charge on any atom is 0.264 e. The highest BCUT2D eigenvalue weighted by Crippen LogP contribution is 2.56. The third-order valence-electron chi connectivity index (χ3n) is 30.9. The summed E-state index contributed by atoms with van der Waals surface area (Å²) in [5.41, 5.74) is 42.7. The molecule has 742 valence electrons. The van der Waals surface area contributed by atoms with Gasteiger partial charge in [0.15, 0.2) is 0 Å². The Morgan fingerprint density at radius 3 is 0.834 bits per heavy atom. The molecule has 0 aliphatic carbocycles. The third kappa shape index (κ3) is 18.6. The van der Waals surface area contributed by atoms with Crippen LogP contribution in [-0.4, -0.2) is 13.4 Å². The number of hydrogen-bond acceptors (Lipinski definition) is 8. The lowest BCUT2D eigenvalue weighted by atomic mass is 9.36. The largest absolute Gasteiger partial charge is 0.311 e. The molecule has 0 atom stereocenters. The molecule has 14 aromatic carbocycles. The Labute approximate surface area is 884 Å². The van der Waals surface area contributed by atoms with E-state index in [2.05, 4.69) is 501 Å². The van der Waals surface area contributed by atoms with Crippen LogP contribution in [0.1, 0.15) is 309 Å². The van der Waals surface area contributed by atoms with Gasteiger partial charge in [0, 0.05) is 109 Å². The molecular weight excluding hydrogens is 1790 g/mol. The van der Waals surface area contributed by atoms with Crippen LogP contribution in [0, 0.1) is 34.6 Å². The first kappa shape index (κ1) is 96.4. The van der Waals surface area contributed by atoms with Crippen molar-refractivity contribution in [1.29, 1.82) is 0 Å². The molecule has 0 spiro atoms. The molecule has 10 heteroatoms. The second-order valence-electron chi connectivity index (χ2n) is 52.4. The number of nitrogens with zero attached hydrogens (tertiary/aromatic N) is 6. The summed E-state index contributed by atoms with van der Waals surface area (Å²) in [5, 5.41) is 2.54. The maximum absolute atomic E-state index is 10.1. The fourth-order valence-corrected chi connectivity index (χ4v) is 24.8. The molecule has 2 aromatic heterocycles. The molecule has 145 heavy (non-hydrogen) atoms. The zero-order chi connectivity index (χ0) is 108. The van der Waals surface area contributed by atoms with Gasteiger partial charge in [-0.25, -0.2) is 0 Å². The molecule has 0 fully saturated rings. The van der Waals surface area contributed by atoms with E-state index in [0.29, 0.717) is 5.56 Å². The van der Waals surface area contributed by atoms with Crippen molar-refractivity contribution in [1.82, 2.24) is 0 Å². The highest BCUT2D eigenvalue weighted by molar-refractivity contribution is 7.34. The van der Waals surface area contributed by atoms with Gasteiger partial charge in [-0.3, -0.25) is 0 Å². The molecule has 16 aromatic rings. The molecule has 0 saturated carbocycles. The van der Waals surface area contributed by atoms with Gasteiger partial charge in [0.05, 0.1) is 28.2 Å². The molecule has 4 aliphatic heterocycles. The van der Waals surface area contributed by atoms with Crippen LogP contribution in [0.5, 0.6) is 0 Å². The molecule has 6 nitrogen and oxygen atoms in total. The van der Waals surface area contributed by atoms with Gasteiger partial charge in [0.25, 0.3) is 13.4 Å². The van der Waals surface area contributed by atoms with Crippen molar-refractivity contribution < 1.29 is 5.48 Å². The Kier molecular flexibility index (Phi) is 23.9. The number of thiophene rings is 2. The van der Waals surface area contributed by atoms with Crippen molar-refractivity contribution in [3.8, 4) is 0 Å². The van der Waals surface area contributed by atoms with E-state index in [1.165, 1.54) is 147 Å². The van der Waals surface area contributed by atoms with Gasteiger partial charge in [-0.05, 0) is 352 Å². The number of benzene rings is 14. The first-order chi connectivity index (χ1) is 69.4. The van der Waals surface area contributed by atoms with Crippen molar-refractivity contribution in [2.75, 3.05) is 29.4 Å². The quantitative estimate of drug-likeness (QED) is 0.119. The third-order valence-corrected chi connectivity index (χ3v) is 33.3. The minimum atomic E-state index is -0.633.